The summed E-state index contributed by atoms with van der Waals surface area (Å²) in [5, 5.41) is 2.26. The maximum absolute atomic E-state index is 11.1. The second-order valence-corrected chi connectivity index (χ2v) is 8.06. The van der Waals surface area contributed by atoms with Crippen molar-refractivity contribution in [3.8, 4) is 0 Å². The molecule has 0 aromatic carbocycles. The molecule has 0 radical (unpaired) electrons. The van der Waals surface area contributed by atoms with E-state index in [2.05, 4.69) is 32.8 Å². The number of halogens is 1. The summed E-state index contributed by atoms with van der Waals surface area (Å²) < 4.78 is 5.04. The van der Waals surface area contributed by atoms with Gasteiger partial charge in [0.15, 0.2) is 0 Å². The molecule has 4 heteroatoms. The van der Waals surface area contributed by atoms with Crippen LogP contribution in [0, 0.1) is 0 Å². The third kappa shape index (κ3) is 32.3. The van der Waals surface area contributed by atoms with E-state index in [0.29, 0.717) is 12.2 Å². The molecule has 0 aliphatic heterocycles. The summed E-state index contributed by atoms with van der Waals surface area (Å²) in [5.41, 5.74) is 0.488. The molecule has 0 atom stereocenters. The molecule has 29 heavy (non-hydrogen) atoms. The quantitative estimate of drug-likeness (QED) is 0.192. The molecule has 0 aromatic heterocycles. The molecule has 2 N–H and O–H groups in total. The van der Waals surface area contributed by atoms with Gasteiger partial charge in [-0.15, -0.1) is 0 Å². The van der Waals surface area contributed by atoms with Crippen molar-refractivity contribution in [3.05, 3.63) is 12.2 Å². The van der Waals surface area contributed by atoms with E-state index in [1.165, 1.54) is 103 Å². The van der Waals surface area contributed by atoms with Crippen molar-refractivity contribution >= 4 is 5.97 Å². The summed E-state index contributed by atoms with van der Waals surface area (Å²) in [4.78, 5) is 11.1. The third-order valence-corrected chi connectivity index (χ3v) is 4.93. The van der Waals surface area contributed by atoms with Crippen LogP contribution in [-0.4, -0.2) is 26.2 Å². The maximum atomic E-state index is 11.1. The Morgan fingerprint density at radius 3 is 1.48 bits per heavy atom. The van der Waals surface area contributed by atoms with Crippen molar-refractivity contribution in [2.75, 3.05) is 20.2 Å². The fourth-order valence-electron chi connectivity index (χ4n) is 3.01. The van der Waals surface area contributed by atoms with E-state index in [1.54, 1.807) is 6.92 Å². The van der Waals surface area contributed by atoms with Crippen molar-refractivity contribution in [2.45, 2.75) is 124 Å². The predicted octanol–water partition coefficient (Wildman–Crippen LogP) is 3.57. The lowest BCUT2D eigenvalue weighted by Gasteiger charge is -2.04. The van der Waals surface area contributed by atoms with Crippen LogP contribution >= 0.6 is 0 Å². The number of unbranched alkanes of at least 4 members (excludes halogenated alkanes) is 14. The van der Waals surface area contributed by atoms with Crippen LogP contribution in [0.4, 0.5) is 0 Å². The van der Waals surface area contributed by atoms with Crippen molar-refractivity contribution in [3.63, 3.8) is 0 Å². The molecule has 0 spiro atoms. The van der Waals surface area contributed by atoms with E-state index in [0.717, 1.165) is 6.42 Å². The topological polar surface area (TPSA) is 42.9 Å². The van der Waals surface area contributed by atoms with Crippen LogP contribution < -0.4 is 17.7 Å². The standard InChI is InChI=1S/C16H30O2.C9H21N.ClH/c1-4-5-6-7-8-9-10-11-12-13-14-18-16(17)15(2)3;1-3-4-5-6-7-8-9-10-2;/h2,4-14H2,1,3H3;10H,3-9H2,1-2H3;1H. The molecule has 0 saturated heterocycles. The molecule has 0 bridgehead atoms. The number of rotatable bonds is 19. The van der Waals surface area contributed by atoms with Gasteiger partial charge in [0, 0.05) is 5.57 Å². The molecule has 0 aliphatic carbocycles. The van der Waals surface area contributed by atoms with Crippen LogP contribution in [0.3, 0.4) is 0 Å². The molecule has 0 fully saturated rings. The number of carbonyl (C=O) groups excluding carboxylic acids is 1. The first-order valence-corrected chi connectivity index (χ1v) is 12.2. The Kier molecular flexibility index (Phi) is 33.9. The van der Waals surface area contributed by atoms with E-state index >= 15 is 0 Å². The molecule has 0 aliphatic rings. The SMILES string of the molecule is C=C(C)C(=O)OCCCCCCCCCCCC.CCCCCCCC[NH2+]C.[Cl-]. The first kappa shape index (κ1) is 33.1. The first-order chi connectivity index (χ1) is 13.6. The van der Waals surface area contributed by atoms with Crippen molar-refractivity contribution < 1.29 is 27.3 Å². The maximum Gasteiger partial charge on any atom is 0.333 e. The monoisotopic (exact) mass is 433 g/mol. The van der Waals surface area contributed by atoms with Crippen LogP contribution in [0.5, 0.6) is 0 Å². The average molecular weight is 434 g/mol. The van der Waals surface area contributed by atoms with Gasteiger partial charge in [-0.3, -0.25) is 0 Å². The zero-order valence-corrected chi connectivity index (χ0v) is 21.0. The number of hydrogen-bond donors (Lipinski definition) is 1. The van der Waals surface area contributed by atoms with Gasteiger partial charge in [-0.2, -0.15) is 0 Å². The van der Waals surface area contributed by atoms with E-state index in [-0.39, 0.29) is 18.4 Å². The Morgan fingerprint density at radius 1 is 0.724 bits per heavy atom. The number of nitrogens with two attached hydrogens (primary N) is 1. The molecule has 0 heterocycles. The Labute approximate surface area is 189 Å². The van der Waals surface area contributed by atoms with Crippen molar-refractivity contribution in [2.24, 2.45) is 0 Å². The molecule has 0 aromatic rings. The van der Waals surface area contributed by atoms with Gasteiger partial charge in [-0.05, 0) is 26.2 Å². The highest BCUT2D eigenvalue weighted by Crippen LogP contribution is 2.10. The second kappa shape index (κ2) is 29.7. The Balaban J connectivity index is -0.000000525. The average Bonchev–Trinajstić information content (AvgIpc) is 2.69. The van der Waals surface area contributed by atoms with Gasteiger partial charge in [0.1, 0.15) is 0 Å². The summed E-state index contributed by atoms with van der Waals surface area (Å²) in [6.45, 7) is 11.6. The summed E-state index contributed by atoms with van der Waals surface area (Å²) in [7, 11) is 2.14. The zero-order chi connectivity index (χ0) is 21.3. The Hall–Kier alpha value is -0.540. The highest BCUT2D eigenvalue weighted by atomic mass is 35.5. The lowest BCUT2D eigenvalue weighted by Crippen LogP contribution is -3.00. The van der Waals surface area contributed by atoms with Gasteiger partial charge in [0.25, 0.3) is 0 Å². The molecular formula is C25H52ClNO2. The fraction of sp³-hybridized carbons (Fsp3) is 0.880. The minimum absolute atomic E-state index is 0. The molecule has 176 valence electrons. The minimum atomic E-state index is -0.258. The van der Waals surface area contributed by atoms with Gasteiger partial charge >= 0.3 is 5.97 Å². The number of esters is 1. The molecule has 0 unspecified atom stereocenters. The zero-order valence-electron chi connectivity index (χ0n) is 20.2. The molecule has 0 rings (SSSR count). The van der Waals surface area contributed by atoms with Gasteiger partial charge in [-0.25, -0.2) is 4.79 Å². The van der Waals surface area contributed by atoms with Crippen LogP contribution in [0.25, 0.3) is 0 Å². The highest BCUT2D eigenvalue weighted by molar-refractivity contribution is 5.86. The molecule has 0 saturated carbocycles. The highest BCUT2D eigenvalue weighted by Gasteiger charge is 2.01. The van der Waals surface area contributed by atoms with E-state index < -0.39 is 0 Å². The van der Waals surface area contributed by atoms with Gasteiger partial charge < -0.3 is 22.5 Å². The number of hydrogen-bond acceptors (Lipinski definition) is 2. The summed E-state index contributed by atoms with van der Waals surface area (Å²) >= 11 is 0. The van der Waals surface area contributed by atoms with Gasteiger partial charge in [-0.1, -0.05) is 104 Å². The number of carbonyl (C=O) groups is 1. The third-order valence-electron chi connectivity index (χ3n) is 4.93. The van der Waals surface area contributed by atoms with Crippen LogP contribution in [0.1, 0.15) is 124 Å². The largest absolute Gasteiger partial charge is 1.00 e. The number of quaternary nitrogens is 1. The number of ether oxygens (including phenoxy) is 1. The second-order valence-electron chi connectivity index (χ2n) is 8.06. The molecule has 3 nitrogen and oxygen atoms in total. The first-order valence-electron chi connectivity index (χ1n) is 12.2. The minimum Gasteiger partial charge on any atom is -1.00 e. The van der Waals surface area contributed by atoms with Gasteiger partial charge in [0.2, 0.25) is 0 Å². The normalized spacial score (nSPS) is 9.93. The molecular weight excluding hydrogens is 382 g/mol. The lowest BCUT2D eigenvalue weighted by atomic mass is 10.1. The van der Waals surface area contributed by atoms with Crippen molar-refractivity contribution in [1.82, 2.24) is 0 Å². The van der Waals surface area contributed by atoms with Gasteiger partial charge in [0.05, 0.1) is 20.2 Å². The van der Waals surface area contributed by atoms with Crippen LogP contribution in [-0.2, 0) is 9.53 Å². The Bertz CT molecular complexity index is 327. The Morgan fingerprint density at radius 2 is 1.10 bits per heavy atom. The van der Waals surface area contributed by atoms with Crippen molar-refractivity contribution in [1.29, 1.82) is 0 Å². The summed E-state index contributed by atoms with van der Waals surface area (Å²) in [6.07, 6.45) is 21.5. The fourth-order valence-corrected chi connectivity index (χ4v) is 3.01. The van der Waals surface area contributed by atoms with E-state index in [4.69, 9.17) is 4.74 Å². The molecule has 0 amide bonds. The summed E-state index contributed by atoms with van der Waals surface area (Å²) in [5.74, 6) is -0.258. The predicted molar refractivity (Wildman–Crippen MR) is 124 cm³/mol. The van der Waals surface area contributed by atoms with E-state index in [1.807, 2.05) is 0 Å². The lowest BCUT2D eigenvalue weighted by molar-refractivity contribution is -0.627. The smallest absolute Gasteiger partial charge is 0.333 e. The van der Waals surface area contributed by atoms with Crippen LogP contribution in [0.2, 0.25) is 0 Å². The van der Waals surface area contributed by atoms with E-state index in [9.17, 15) is 4.79 Å². The summed E-state index contributed by atoms with van der Waals surface area (Å²) in [6, 6.07) is 0. The van der Waals surface area contributed by atoms with Crippen LogP contribution in [0.15, 0.2) is 12.2 Å².